The van der Waals surface area contributed by atoms with Crippen LogP contribution >= 0.6 is 0 Å². The standard InChI is InChI=1S/C18H16N4O3/c1-19-16(23)13-9-5-6-10-14(13)20-17(24)15-11-7-3-4-8-12(11)18(25)22(2)21-15/h3-10H,1-2H3,(H,19,23)(H,20,24). The van der Waals surface area contributed by atoms with Crippen LogP contribution < -0.4 is 16.2 Å². The molecule has 126 valence electrons. The van der Waals surface area contributed by atoms with Gasteiger partial charge in [0.15, 0.2) is 5.69 Å². The van der Waals surface area contributed by atoms with Crippen LogP contribution in [0.5, 0.6) is 0 Å². The van der Waals surface area contributed by atoms with Crippen LogP contribution in [-0.4, -0.2) is 28.6 Å². The van der Waals surface area contributed by atoms with Crippen molar-refractivity contribution in [3.8, 4) is 0 Å². The van der Waals surface area contributed by atoms with Gasteiger partial charge in [-0.2, -0.15) is 5.10 Å². The van der Waals surface area contributed by atoms with Crippen LogP contribution in [0.1, 0.15) is 20.8 Å². The molecule has 7 heteroatoms. The van der Waals surface area contributed by atoms with Crippen LogP contribution in [-0.2, 0) is 7.05 Å². The molecule has 7 nitrogen and oxygen atoms in total. The number of amides is 2. The lowest BCUT2D eigenvalue weighted by molar-refractivity contribution is 0.0964. The molecule has 0 unspecified atom stereocenters. The van der Waals surface area contributed by atoms with E-state index in [9.17, 15) is 14.4 Å². The Balaban J connectivity index is 2.07. The topological polar surface area (TPSA) is 93.1 Å². The quantitative estimate of drug-likeness (QED) is 0.759. The molecule has 3 aromatic rings. The van der Waals surface area contributed by atoms with Crippen molar-refractivity contribution in [3.63, 3.8) is 0 Å². The highest BCUT2D eigenvalue weighted by atomic mass is 16.2. The fourth-order valence-corrected chi connectivity index (χ4v) is 2.57. The second-order valence-electron chi connectivity index (χ2n) is 5.40. The number of nitrogens with zero attached hydrogens (tertiary/aromatic N) is 2. The number of para-hydroxylation sites is 1. The van der Waals surface area contributed by atoms with E-state index in [1.54, 1.807) is 48.5 Å². The first-order chi connectivity index (χ1) is 12.0. The molecule has 2 N–H and O–H groups in total. The minimum Gasteiger partial charge on any atom is -0.355 e. The van der Waals surface area contributed by atoms with E-state index in [1.807, 2.05) is 0 Å². The number of fused-ring (bicyclic) bond motifs is 1. The van der Waals surface area contributed by atoms with Gasteiger partial charge in [-0.1, -0.05) is 30.3 Å². The van der Waals surface area contributed by atoms with E-state index < -0.39 is 5.91 Å². The number of benzene rings is 2. The van der Waals surface area contributed by atoms with Gasteiger partial charge in [0.1, 0.15) is 0 Å². The van der Waals surface area contributed by atoms with Crippen molar-refractivity contribution >= 4 is 28.3 Å². The second kappa shape index (κ2) is 6.56. The SMILES string of the molecule is CNC(=O)c1ccccc1NC(=O)c1nn(C)c(=O)c2ccccc12. The average molecular weight is 336 g/mol. The van der Waals surface area contributed by atoms with Gasteiger partial charge in [0.05, 0.1) is 16.6 Å². The lowest BCUT2D eigenvalue weighted by Gasteiger charge is -2.11. The molecular formula is C18H16N4O3. The number of carbonyl (C=O) groups excluding carboxylic acids is 2. The number of aryl methyl sites for hydroxylation is 1. The maximum atomic E-state index is 12.7. The molecule has 0 saturated carbocycles. The minimum atomic E-state index is -0.497. The van der Waals surface area contributed by atoms with E-state index in [4.69, 9.17) is 0 Å². The summed E-state index contributed by atoms with van der Waals surface area (Å²) in [5.74, 6) is -0.808. The zero-order chi connectivity index (χ0) is 18.0. The molecule has 2 aromatic carbocycles. The van der Waals surface area contributed by atoms with Gasteiger partial charge in [-0.05, 0) is 18.2 Å². The highest BCUT2D eigenvalue weighted by Crippen LogP contribution is 2.18. The van der Waals surface area contributed by atoms with Gasteiger partial charge in [0.25, 0.3) is 17.4 Å². The minimum absolute atomic E-state index is 0.115. The first-order valence-corrected chi connectivity index (χ1v) is 7.61. The Hall–Kier alpha value is -3.48. The summed E-state index contributed by atoms with van der Waals surface area (Å²) in [6.45, 7) is 0. The van der Waals surface area contributed by atoms with E-state index in [0.29, 0.717) is 22.0 Å². The lowest BCUT2D eigenvalue weighted by atomic mass is 10.1. The van der Waals surface area contributed by atoms with Crippen molar-refractivity contribution in [2.75, 3.05) is 12.4 Å². The summed E-state index contributed by atoms with van der Waals surface area (Å²) in [5, 5.41) is 10.2. The number of carbonyl (C=O) groups is 2. The fourth-order valence-electron chi connectivity index (χ4n) is 2.57. The molecule has 0 aliphatic heterocycles. The third kappa shape index (κ3) is 2.99. The number of hydrogen-bond acceptors (Lipinski definition) is 4. The van der Waals surface area contributed by atoms with Crippen molar-refractivity contribution in [1.29, 1.82) is 0 Å². The smallest absolute Gasteiger partial charge is 0.276 e. The van der Waals surface area contributed by atoms with E-state index >= 15 is 0 Å². The van der Waals surface area contributed by atoms with Crippen LogP contribution in [0.25, 0.3) is 10.8 Å². The first-order valence-electron chi connectivity index (χ1n) is 7.61. The molecule has 0 radical (unpaired) electrons. The normalized spacial score (nSPS) is 10.5. The largest absolute Gasteiger partial charge is 0.355 e. The maximum Gasteiger partial charge on any atom is 0.276 e. The summed E-state index contributed by atoms with van der Waals surface area (Å²) in [4.78, 5) is 36.8. The van der Waals surface area contributed by atoms with Crippen LogP contribution in [0.4, 0.5) is 5.69 Å². The predicted octanol–water partition coefficient (Wildman–Crippen LogP) is 1.55. The Labute approximate surface area is 143 Å². The third-order valence-corrected chi connectivity index (χ3v) is 3.82. The molecule has 0 bridgehead atoms. The Morgan fingerprint density at radius 3 is 2.32 bits per heavy atom. The molecule has 0 atom stereocenters. The summed E-state index contributed by atoms with van der Waals surface area (Å²) in [7, 11) is 3.01. The number of nitrogens with one attached hydrogen (secondary N) is 2. The summed E-state index contributed by atoms with van der Waals surface area (Å²) in [6.07, 6.45) is 0. The zero-order valence-electron chi connectivity index (χ0n) is 13.7. The van der Waals surface area contributed by atoms with E-state index in [-0.39, 0.29) is 17.2 Å². The lowest BCUT2D eigenvalue weighted by Crippen LogP contribution is -2.26. The van der Waals surface area contributed by atoms with Crippen molar-refractivity contribution < 1.29 is 9.59 Å². The highest BCUT2D eigenvalue weighted by Gasteiger charge is 2.18. The Morgan fingerprint density at radius 1 is 0.960 bits per heavy atom. The first kappa shape index (κ1) is 16.4. The molecule has 1 heterocycles. The van der Waals surface area contributed by atoms with Crippen LogP contribution in [0, 0.1) is 0 Å². The van der Waals surface area contributed by atoms with Crippen molar-refractivity contribution in [1.82, 2.24) is 15.1 Å². The van der Waals surface area contributed by atoms with E-state index in [1.165, 1.54) is 14.1 Å². The number of anilines is 1. The zero-order valence-corrected chi connectivity index (χ0v) is 13.7. The Bertz CT molecular complexity index is 1040. The number of hydrogen-bond donors (Lipinski definition) is 2. The van der Waals surface area contributed by atoms with Gasteiger partial charge < -0.3 is 10.6 Å². The fraction of sp³-hybridized carbons (Fsp3) is 0.111. The second-order valence-corrected chi connectivity index (χ2v) is 5.40. The van der Waals surface area contributed by atoms with Gasteiger partial charge in [-0.15, -0.1) is 0 Å². The van der Waals surface area contributed by atoms with Crippen LogP contribution in [0.3, 0.4) is 0 Å². The summed E-state index contributed by atoms with van der Waals surface area (Å²) >= 11 is 0. The Kier molecular flexibility index (Phi) is 4.30. The van der Waals surface area contributed by atoms with Crippen molar-refractivity contribution in [2.24, 2.45) is 7.05 Å². The van der Waals surface area contributed by atoms with Gasteiger partial charge >= 0.3 is 0 Å². The van der Waals surface area contributed by atoms with E-state index in [0.717, 1.165) is 4.68 Å². The summed E-state index contributed by atoms with van der Waals surface area (Å²) in [5.41, 5.74) is 0.543. The predicted molar refractivity (Wildman–Crippen MR) is 94.8 cm³/mol. The van der Waals surface area contributed by atoms with E-state index in [2.05, 4.69) is 15.7 Å². The van der Waals surface area contributed by atoms with Crippen LogP contribution in [0.15, 0.2) is 53.3 Å². The molecule has 0 spiro atoms. The van der Waals surface area contributed by atoms with Gasteiger partial charge in [0.2, 0.25) is 0 Å². The summed E-state index contributed by atoms with van der Waals surface area (Å²) < 4.78 is 1.13. The molecule has 0 aliphatic carbocycles. The molecule has 2 amide bonds. The highest BCUT2D eigenvalue weighted by molar-refractivity contribution is 6.13. The molecular weight excluding hydrogens is 320 g/mol. The summed E-state index contributed by atoms with van der Waals surface area (Å²) in [6, 6.07) is 13.4. The molecule has 0 saturated heterocycles. The monoisotopic (exact) mass is 336 g/mol. The van der Waals surface area contributed by atoms with Crippen molar-refractivity contribution in [3.05, 3.63) is 70.1 Å². The maximum absolute atomic E-state index is 12.7. The molecule has 0 aliphatic rings. The van der Waals surface area contributed by atoms with Crippen LogP contribution in [0.2, 0.25) is 0 Å². The number of aromatic nitrogens is 2. The van der Waals surface area contributed by atoms with Gasteiger partial charge in [-0.25, -0.2) is 4.68 Å². The van der Waals surface area contributed by atoms with Gasteiger partial charge in [0, 0.05) is 19.5 Å². The molecule has 3 rings (SSSR count). The van der Waals surface area contributed by atoms with Crippen molar-refractivity contribution in [2.45, 2.75) is 0 Å². The molecule has 0 fully saturated rings. The third-order valence-electron chi connectivity index (χ3n) is 3.82. The average Bonchev–Trinajstić information content (AvgIpc) is 2.64. The molecule has 25 heavy (non-hydrogen) atoms. The van der Waals surface area contributed by atoms with Gasteiger partial charge in [-0.3, -0.25) is 14.4 Å². The number of rotatable bonds is 3. The Morgan fingerprint density at radius 2 is 1.60 bits per heavy atom. The molecule has 1 aromatic heterocycles.